The molecule has 4 rings (SSSR count). The van der Waals surface area contributed by atoms with Crippen LogP contribution in [-0.4, -0.2) is 41.3 Å². The number of benzene rings is 2. The molecular formula is C21H22F3N3O2. The molecule has 1 aromatic heterocycles. The SMILES string of the molecule is COc1ccc(CN2CCO[C@H](c3ccc4ncn(C)c4c3)C2)cc1C(F)(F)F. The van der Waals surface area contributed by atoms with Crippen molar-refractivity contribution in [2.24, 2.45) is 7.05 Å². The van der Waals surface area contributed by atoms with Crippen LogP contribution < -0.4 is 4.74 Å². The maximum absolute atomic E-state index is 13.3. The summed E-state index contributed by atoms with van der Waals surface area (Å²) >= 11 is 0. The van der Waals surface area contributed by atoms with Gasteiger partial charge in [0.25, 0.3) is 0 Å². The zero-order valence-corrected chi connectivity index (χ0v) is 16.2. The lowest BCUT2D eigenvalue weighted by Crippen LogP contribution is -2.37. The van der Waals surface area contributed by atoms with Crippen molar-refractivity contribution in [2.75, 3.05) is 26.8 Å². The van der Waals surface area contributed by atoms with E-state index in [0.29, 0.717) is 31.8 Å². The highest BCUT2D eigenvalue weighted by Crippen LogP contribution is 2.37. The topological polar surface area (TPSA) is 39.5 Å². The molecular weight excluding hydrogens is 383 g/mol. The summed E-state index contributed by atoms with van der Waals surface area (Å²) < 4.78 is 52.6. The predicted molar refractivity (Wildman–Crippen MR) is 103 cm³/mol. The van der Waals surface area contributed by atoms with Crippen LogP contribution in [0.4, 0.5) is 13.2 Å². The molecule has 5 nitrogen and oxygen atoms in total. The van der Waals surface area contributed by atoms with Gasteiger partial charge in [0.1, 0.15) is 5.75 Å². The lowest BCUT2D eigenvalue weighted by Gasteiger charge is -2.33. The van der Waals surface area contributed by atoms with Crippen molar-refractivity contribution in [3.8, 4) is 5.75 Å². The predicted octanol–water partition coefficient (Wildman–Crippen LogP) is 4.17. The standard InChI is InChI=1S/C21H22F3N3O2/c1-26-13-25-17-5-4-15(10-18(17)26)20-12-27(7-8-29-20)11-14-3-6-19(28-2)16(9-14)21(22,23)24/h3-6,9-10,13,20H,7-8,11-12H2,1-2H3/t20-/m0/s1. The van der Waals surface area contributed by atoms with Crippen molar-refractivity contribution in [2.45, 2.75) is 18.8 Å². The quantitative estimate of drug-likeness (QED) is 0.653. The van der Waals surface area contributed by atoms with Gasteiger partial charge in [-0.2, -0.15) is 13.2 Å². The van der Waals surface area contributed by atoms with Gasteiger partial charge in [-0.1, -0.05) is 12.1 Å². The molecule has 2 heterocycles. The van der Waals surface area contributed by atoms with Crippen LogP contribution in [0, 0.1) is 0 Å². The number of ether oxygens (including phenoxy) is 2. The molecule has 0 bridgehead atoms. The van der Waals surface area contributed by atoms with Gasteiger partial charge >= 0.3 is 6.18 Å². The number of hydrogen-bond donors (Lipinski definition) is 0. The van der Waals surface area contributed by atoms with E-state index in [1.807, 2.05) is 23.7 Å². The molecule has 0 aliphatic carbocycles. The summed E-state index contributed by atoms with van der Waals surface area (Å²) in [6.07, 6.45) is -2.82. The number of imidazole rings is 1. The van der Waals surface area contributed by atoms with Crippen LogP contribution in [0.1, 0.15) is 22.8 Å². The number of hydrogen-bond acceptors (Lipinski definition) is 4. The van der Waals surface area contributed by atoms with E-state index in [4.69, 9.17) is 9.47 Å². The van der Waals surface area contributed by atoms with Crippen LogP contribution in [-0.2, 0) is 24.5 Å². The number of aromatic nitrogens is 2. The van der Waals surface area contributed by atoms with Crippen LogP contribution in [0.25, 0.3) is 11.0 Å². The first-order valence-electron chi connectivity index (χ1n) is 9.34. The molecule has 29 heavy (non-hydrogen) atoms. The Labute approximate surface area is 166 Å². The van der Waals surface area contributed by atoms with Gasteiger partial charge in [-0.25, -0.2) is 4.98 Å². The Morgan fingerprint density at radius 3 is 2.79 bits per heavy atom. The van der Waals surface area contributed by atoms with Crippen LogP contribution in [0.3, 0.4) is 0 Å². The summed E-state index contributed by atoms with van der Waals surface area (Å²) in [6, 6.07) is 10.3. The molecule has 1 aliphatic heterocycles. The fourth-order valence-corrected chi connectivity index (χ4v) is 3.72. The van der Waals surface area contributed by atoms with Crippen LogP contribution in [0.5, 0.6) is 5.75 Å². The third kappa shape index (κ3) is 4.09. The van der Waals surface area contributed by atoms with Gasteiger partial charge in [-0.15, -0.1) is 0 Å². The van der Waals surface area contributed by atoms with Gasteiger partial charge in [0, 0.05) is 26.7 Å². The maximum atomic E-state index is 13.3. The van der Waals surface area contributed by atoms with E-state index in [1.165, 1.54) is 19.2 Å². The first-order valence-corrected chi connectivity index (χ1v) is 9.34. The summed E-state index contributed by atoms with van der Waals surface area (Å²) in [4.78, 5) is 6.44. The minimum Gasteiger partial charge on any atom is -0.496 e. The largest absolute Gasteiger partial charge is 0.496 e. The van der Waals surface area contributed by atoms with E-state index < -0.39 is 11.7 Å². The van der Waals surface area contributed by atoms with Gasteiger partial charge in [0.15, 0.2) is 0 Å². The van der Waals surface area contributed by atoms with E-state index >= 15 is 0 Å². The molecule has 0 radical (unpaired) electrons. The van der Waals surface area contributed by atoms with Crippen molar-refractivity contribution in [1.29, 1.82) is 0 Å². The number of aryl methyl sites for hydroxylation is 1. The van der Waals surface area contributed by atoms with E-state index in [9.17, 15) is 13.2 Å². The molecule has 1 aliphatic rings. The van der Waals surface area contributed by atoms with Crippen LogP contribution in [0.2, 0.25) is 0 Å². The number of rotatable bonds is 4. The number of alkyl halides is 3. The third-order valence-electron chi connectivity index (χ3n) is 5.25. The smallest absolute Gasteiger partial charge is 0.419 e. The Bertz CT molecular complexity index is 1020. The van der Waals surface area contributed by atoms with Gasteiger partial charge < -0.3 is 14.0 Å². The average Bonchev–Trinajstić information content (AvgIpc) is 3.08. The van der Waals surface area contributed by atoms with Crippen molar-refractivity contribution in [1.82, 2.24) is 14.5 Å². The molecule has 0 amide bonds. The monoisotopic (exact) mass is 405 g/mol. The Hall–Kier alpha value is -2.58. The fourth-order valence-electron chi connectivity index (χ4n) is 3.72. The molecule has 0 spiro atoms. The normalized spacial score (nSPS) is 18.3. The molecule has 3 aromatic rings. The van der Waals surface area contributed by atoms with Gasteiger partial charge in [0.2, 0.25) is 0 Å². The van der Waals surface area contributed by atoms with Crippen molar-refractivity contribution < 1.29 is 22.6 Å². The van der Waals surface area contributed by atoms with E-state index in [0.717, 1.165) is 16.6 Å². The lowest BCUT2D eigenvalue weighted by atomic mass is 10.1. The van der Waals surface area contributed by atoms with Gasteiger partial charge in [-0.3, -0.25) is 4.90 Å². The molecule has 1 saturated heterocycles. The Balaban J connectivity index is 1.52. The second kappa shape index (κ2) is 7.68. The van der Waals surface area contributed by atoms with E-state index in [-0.39, 0.29) is 11.9 Å². The highest BCUT2D eigenvalue weighted by Gasteiger charge is 2.34. The molecule has 154 valence electrons. The summed E-state index contributed by atoms with van der Waals surface area (Å²) in [7, 11) is 3.19. The number of morpholine rings is 1. The molecule has 0 saturated carbocycles. The molecule has 1 atom stereocenters. The second-order valence-corrected chi connectivity index (χ2v) is 7.23. The minimum atomic E-state index is -4.45. The summed E-state index contributed by atoms with van der Waals surface area (Å²) in [6.45, 7) is 2.21. The molecule has 0 unspecified atom stereocenters. The highest BCUT2D eigenvalue weighted by atomic mass is 19.4. The number of fused-ring (bicyclic) bond motifs is 1. The zero-order valence-electron chi connectivity index (χ0n) is 16.2. The Morgan fingerprint density at radius 1 is 1.21 bits per heavy atom. The van der Waals surface area contributed by atoms with Crippen LogP contribution in [0.15, 0.2) is 42.7 Å². The lowest BCUT2D eigenvalue weighted by molar-refractivity contribution is -0.138. The number of halogens is 3. The summed E-state index contributed by atoms with van der Waals surface area (Å²) in [5.41, 5.74) is 2.83. The maximum Gasteiger partial charge on any atom is 0.419 e. The first-order chi connectivity index (χ1) is 13.8. The molecule has 1 fully saturated rings. The minimum absolute atomic E-state index is 0.136. The summed E-state index contributed by atoms with van der Waals surface area (Å²) in [5, 5.41) is 0. The average molecular weight is 405 g/mol. The van der Waals surface area contributed by atoms with E-state index in [2.05, 4.69) is 16.0 Å². The summed E-state index contributed by atoms with van der Waals surface area (Å²) in [5.74, 6) is -0.161. The second-order valence-electron chi connectivity index (χ2n) is 7.23. The molecule has 8 heteroatoms. The van der Waals surface area contributed by atoms with Gasteiger partial charge in [0.05, 0.1) is 42.7 Å². The fraction of sp³-hybridized carbons (Fsp3) is 0.381. The van der Waals surface area contributed by atoms with Crippen molar-refractivity contribution in [3.05, 3.63) is 59.4 Å². The first kappa shape index (κ1) is 19.7. The number of methoxy groups -OCH3 is 1. The number of nitrogens with zero attached hydrogens (tertiary/aromatic N) is 3. The van der Waals surface area contributed by atoms with E-state index in [1.54, 1.807) is 12.4 Å². The Kier molecular flexibility index (Phi) is 5.23. The third-order valence-corrected chi connectivity index (χ3v) is 5.25. The Morgan fingerprint density at radius 2 is 2.03 bits per heavy atom. The van der Waals surface area contributed by atoms with Gasteiger partial charge in [-0.05, 0) is 35.4 Å². The molecule has 0 N–H and O–H groups in total. The van der Waals surface area contributed by atoms with Crippen molar-refractivity contribution >= 4 is 11.0 Å². The van der Waals surface area contributed by atoms with Crippen molar-refractivity contribution in [3.63, 3.8) is 0 Å². The molecule has 2 aromatic carbocycles. The van der Waals surface area contributed by atoms with Crippen LogP contribution >= 0.6 is 0 Å². The highest BCUT2D eigenvalue weighted by molar-refractivity contribution is 5.76. The zero-order chi connectivity index (χ0) is 20.6.